The highest BCUT2D eigenvalue weighted by Crippen LogP contribution is 2.30. The van der Waals surface area contributed by atoms with Crippen LogP contribution >= 0.6 is 0 Å². The molecule has 9 atom stereocenters. The van der Waals surface area contributed by atoms with Gasteiger partial charge < -0.3 is 15.3 Å². The van der Waals surface area contributed by atoms with E-state index in [1.807, 2.05) is 27.7 Å². The molecule has 0 aliphatic carbocycles. The first-order chi connectivity index (χ1) is 22.9. The molecular weight excluding hydrogens is 633 g/mol. The smallest absolute Gasteiger partial charge is 0.120 e. The summed E-state index contributed by atoms with van der Waals surface area (Å²) in [6, 6.07) is 1.01. The third-order valence-electron chi connectivity index (χ3n) is 10.6. The summed E-state index contributed by atoms with van der Waals surface area (Å²) in [6.45, 7) is 40.9. The molecule has 0 spiro atoms. The van der Waals surface area contributed by atoms with Crippen LogP contribution in [0.25, 0.3) is 0 Å². The van der Waals surface area contributed by atoms with Gasteiger partial charge in [0.1, 0.15) is 12.2 Å². The number of aliphatic hydroxyl groups is 3. The largest absolute Gasteiger partial charge is 0.390 e. The molecule has 0 saturated carbocycles. The molecule has 51 heavy (non-hydrogen) atoms. The lowest BCUT2D eigenvalue weighted by Gasteiger charge is -2.19. The summed E-state index contributed by atoms with van der Waals surface area (Å²) in [5.74, 6) is 4.93. The Bertz CT molecular complexity index is 1140. The Kier molecular flexibility index (Phi) is 21.1. The number of aliphatic imine (C=N–C) groups is 4. The first-order valence-electron chi connectivity index (χ1n) is 20.0. The van der Waals surface area contributed by atoms with Crippen molar-refractivity contribution >= 4 is 22.8 Å². The van der Waals surface area contributed by atoms with Crippen molar-refractivity contribution in [2.45, 2.75) is 188 Å². The first-order valence-corrected chi connectivity index (χ1v) is 20.0. The van der Waals surface area contributed by atoms with Gasteiger partial charge in [-0.05, 0) is 72.2 Å². The predicted octanol–water partition coefficient (Wildman–Crippen LogP) is 9.81. The van der Waals surface area contributed by atoms with Crippen LogP contribution in [-0.4, -0.2) is 80.6 Å². The predicted molar refractivity (Wildman–Crippen MR) is 225 cm³/mol. The normalized spacial score (nSPS) is 30.2. The molecule has 0 aromatic heterocycles. The average molecular weight is 717 g/mol. The summed E-state index contributed by atoms with van der Waals surface area (Å²) in [5.41, 5.74) is 6.04. The minimum absolute atomic E-state index is 0. The Hall–Kier alpha value is -1.70. The van der Waals surface area contributed by atoms with E-state index in [2.05, 4.69) is 120 Å². The quantitative estimate of drug-likeness (QED) is 0.233. The molecule has 4 rings (SSSR count). The molecular formula is C44H84N4O3. The van der Waals surface area contributed by atoms with E-state index in [4.69, 9.17) is 9.98 Å². The van der Waals surface area contributed by atoms with E-state index in [1.165, 1.54) is 29.1 Å². The summed E-state index contributed by atoms with van der Waals surface area (Å²) in [5, 5.41) is 29.3. The molecule has 4 heterocycles. The van der Waals surface area contributed by atoms with E-state index in [0.717, 1.165) is 11.6 Å². The van der Waals surface area contributed by atoms with Crippen molar-refractivity contribution in [2.24, 2.45) is 79.1 Å². The minimum Gasteiger partial charge on any atom is -0.390 e. The van der Waals surface area contributed by atoms with E-state index in [0.29, 0.717) is 47.6 Å². The number of aliphatic hydroxyl groups excluding tert-OH is 3. The molecule has 7 nitrogen and oxygen atoms in total. The molecule has 5 unspecified atom stereocenters. The van der Waals surface area contributed by atoms with Gasteiger partial charge in [-0.1, -0.05) is 138 Å². The van der Waals surface area contributed by atoms with Crippen molar-refractivity contribution in [2.75, 3.05) is 0 Å². The van der Waals surface area contributed by atoms with Crippen molar-refractivity contribution in [3.05, 3.63) is 11.6 Å². The van der Waals surface area contributed by atoms with Crippen LogP contribution in [-0.2, 0) is 0 Å². The van der Waals surface area contributed by atoms with Gasteiger partial charge >= 0.3 is 0 Å². The van der Waals surface area contributed by atoms with Gasteiger partial charge in [0.15, 0.2) is 0 Å². The summed E-state index contributed by atoms with van der Waals surface area (Å²) in [6.07, 6.45) is 1.83. The second kappa shape index (κ2) is 21.9. The maximum absolute atomic E-state index is 9.93. The number of allylic oxidation sites excluding steroid dienone is 1. The van der Waals surface area contributed by atoms with Crippen LogP contribution in [0.3, 0.4) is 0 Å². The molecule has 0 aromatic rings. The fourth-order valence-corrected chi connectivity index (χ4v) is 7.36. The fourth-order valence-electron chi connectivity index (χ4n) is 7.36. The third-order valence-corrected chi connectivity index (χ3v) is 10.6. The average Bonchev–Trinajstić information content (AvgIpc) is 3.74. The summed E-state index contributed by atoms with van der Waals surface area (Å²) >= 11 is 0. The van der Waals surface area contributed by atoms with Gasteiger partial charge in [0.25, 0.3) is 0 Å². The highest BCUT2D eigenvalue weighted by molar-refractivity contribution is 6.02. The number of hydrogen-bond donors (Lipinski definition) is 3. The van der Waals surface area contributed by atoms with Gasteiger partial charge in [0.05, 0.1) is 30.3 Å². The monoisotopic (exact) mass is 717 g/mol. The van der Waals surface area contributed by atoms with Gasteiger partial charge in [0, 0.05) is 28.8 Å². The second-order valence-electron chi connectivity index (χ2n) is 18.0. The van der Waals surface area contributed by atoms with Crippen molar-refractivity contribution in [3.8, 4) is 0 Å². The molecule has 0 saturated heterocycles. The first kappa shape index (κ1) is 49.3. The lowest BCUT2D eigenvalue weighted by molar-refractivity contribution is 0.0439. The van der Waals surface area contributed by atoms with Crippen LogP contribution in [0.5, 0.6) is 0 Å². The van der Waals surface area contributed by atoms with Crippen LogP contribution in [0.15, 0.2) is 31.6 Å². The Labute approximate surface area is 316 Å². The number of nitrogens with zero attached hydrogens (tertiary/aromatic N) is 4. The minimum atomic E-state index is -0.757. The highest BCUT2D eigenvalue weighted by atomic mass is 16.3. The number of rotatable bonds is 8. The van der Waals surface area contributed by atoms with Crippen LogP contribution in [0.2, 0.25) is 0 Å². The highest BCUT2D eigenvalue weighted by Gasteiger charge is 2.39. The molecule has 0 aromatic carbocycles. The Morgan fingerprint density at radius 1 is 0.549 bits per heavy atom. The van der Waals surface area contributed by atoms with Gasteiger partial charge in [0.2, 0.25) is 0 Å². The standard InChI is InChI=1S/C11H21NO.C11H21N.C11H19N.C10H19NO2.CH4/c1-6(2)9-8(5)11(13)10(12-9)7(3)4;2*1-7(2)10-6-9(5)11(12-10)8(3)4;1-5(2)7-9(12)10(13)8(11-7)6(3)4;/h6-8,10-11,13H,1-5H3;7-10H,6H2,1-5H3;6-8,10H,1-5H3;5-7,9-10,12-13H,1-4H3;1H4/t8-,10?,11+;;;7?,9-,10+;/m0..1./s1. The lowest BCUT2D eigenvalue weighted by Crippen LogP contribution is -2.37. The van der Waals surface area contributed by atoms with Gasteiger partial charge in [-0.2, -0.15) is 0 Å². The molecule has 0 bridgehead atoms. The van der Waals surface area contributed by atoms with Crippen molar-refractivity contribution in [1.82, 2.24) is 0 Å². The van der Waals surface area contributed by atoms with Gasteiger partial charge in [-0.25, -0.2) is 0 Å². The Morgan fingerprint density at radius 2 is 1.00 bits per heavy atom. The fraction of sp³-hybridized carbons (Fsp3) is 0.864. The van der Waals surface area contributed by atoms with E-state index in [1.54, 1.807) is 0 Å². The lowest BCUT2D eigenvalue weighted by atomic mass is 9.89. The van der Waals surface area contributed by atoms with Gasteiger partial charge in [-0.3, -0.25) is 20.0 Å². The van der Waals surface area contributed by atoms with Crippen molar-refractivity contribution in [1.29, 1.82) is 0 Å². The maximum Gasteiger partial charge on any atom is 0.120 e. The zero-order valence-corrected chi connectivity index (χ0v) is 35.7. The van der Waals surface area contributed by atoms with E-state index in [9.17, 15) is 15.3 Å². The topological polar surface area (TPSA) is 110 Å². The second-order valence-corrected chi connectivity index (χ2v) is 18.0. The molecule has 7 heteroatoms. The van der Waals surface area contributed by atoms with E-state index in [-0.39, 0.29) is 43.4 Å². The summed E-state index contributed by atoms with van der Waals surface area (Å²) in [4.78, 5) is 18.5. The van der Waals surface area contributed by atoms with E-state index >= 15 is 0 Å². The maximum atomic E-state index is 9.93. The van der Waals surface area contributed by atoms with Crippen molar-refractivity contribution in [3.63, 3.8) is 0 Å². The van der Waals surface area contributed by atoms with Crippen LogP contribution in [0, 0.1) is 59.2 Å². The van der Waals surface area contributed by atoms with Crippen molar-refractivity contribution < 1.29 is 15.3 Å². The molecule has 0 amide bonds. The Morgan fingerprint density at radius 3 is 1.24 bits per heavy atom. The Balaban J connectivity index is 0.000000650. The van der Waals surface area contributed by atoms with Crippen LogP contribution in [0.4, 0.5) is 0 Å². The third kappa shape index (κ3) is 13.9. The molecule has 298 valence electrons. The molecule has 0 fully saturated rings. The SMILES string of the molecule is C.CC(C)C1=NC(C(C)C)CC1C.CC(C)C1=NC(C(C)C)[C@@H](O)[C@H]1O.CC(C)C1=NC(C(C)C)[C@H](O)[C@H]1C.CC1=CC(C(C)C)N=C1C(C)C. The summed E-state index contributed by atoms with van der Waals surface area (Å²) in [7, 11) is 0. The number of hydrogen-bond acceptors (Lipinski definition) is 7. The zero-order chi connectivity index (χ0) is 38.9. The van der Waals surface area contributed by atoms with Crippen LogP contribution in [0.1, 0.15) is 145 Å². The summed E-state index contributed by atoms with van der Waals surface area (Å²) < 4.78 is 0. The van der Waals surface area contributed by atoms with E-state index < -0.39 is 12.2 Å². The van der Waals surface area contributed by atoms with Crippen LogP contribution < -0.4 is 0 Å². The van der Waals surface area contributed by atoms with Gasteiger partial charge in [-0.15, -0.1) is 0 Å². The zero-order valence-electron chi connectivity index (χ0n) is 35.7. The molecule has 4 aliphatic heterocycles. The molecule has 4 aliphatic rings. The molecule has 0 radical (unpaired) electrons. The molecule has 3 N–H and O–H groups in total.